The van der Waals surface area contributed by atoms with E-state index in [-0.39, 0.29) is 6.42 Å². The summed E-state index contributed by atoms with van der Waals surface area (Å²) >= 11 is 5.69. The number of primary amides is 1. The maximum atomic E-state index is 10.3. The van der Waals surface area contributed by atoms with Gasteiger partial charge in [0.25, 0.3) is 0 Å². The Bertz CT molecular complexity index is 379. The maximum absolute atomic E-state index is 10.3. The first kappa shape index (κ1) is 9.56. The normalized spacial score (nSPS) is 8.69. The Morgan fingerprint density at radius 1 is 1.69 bits per heavy atom. The van der Waals surface area contributed by atoms with E-state index in [1.165, 1.54) is 0 Å². The topological polar surface area (TPSA) is 56.0 Å². The van der Waals surface area contributed by atoms with E-state index in [2.05, 4.69) is 16.8 Å². The monoisotopic (exact) mass is 194 g/mol. The Balaban J connectivity index is 2.72. The smallest absolute Gasteiger partial charge is 0.229 e. The molecule has 1 rings (SSSR count). The van der Waals surface area contributed by atoms with Gasteiger partial charge in [0.15, 0.2) is 0 Å². The van der Waals surface area contributed by atoms with Gasteiger partial charge in [-0.25, -0.2) is 4.98 Å². The molecule has 0 aliphatic rings. The standard InChI is InChI=1S/C9H7ClN2O/c10-7-4-5-12-8(6-7)2-1-3-9(11)13/h4-6H,3H2,(H2,11,13). The van der Waals surface area contributed by atoms with E-state index < -0.39 is 5.91 Å². The van der Waals surface area contributed by atoms with Gasteiger partial charge in [-0.15, -0.1) is 0 Å². The Labute approximate surface area is 80.9 Å². The SMILES string of the molecule is NC(=O)CC#Cc1cc(Cl)ccn1. The fraction of sp³-hybridized carbons (Fsp3) is 0.111. The Morgan fingerprint density at radius 3 is 3.08 bits per heavy atom. The first-order valence-corrected chi connectivity index (χ1v) is 3.95. The summed E-state index contributed by atoms with van der Waals surface area (Å²) in [4.78, 5) is 14.3. The summed E-state index contributed by atoms with van der Waals surface area (Å²) in [6, 6.07) is 3.27. The highest BCUT2D eigenvalue weighted by molar-refractivity contribution is 6.30. The van der Waals surface area contributed by atoms with Crippen LogP contribution in [0.2, 0.25) is 5.02 Å². The number of hydrogen-bond acceptors (Lipinski definition) is 2. The second-order valence-corrected chi connectivity index (χ2v) is 2.74. The lowest BCUT2D eigenvalue weighted by Crippen LogP contribution is -2.08. The van der Waals surface area contributed by atoms with Crippen molar-refractivity contribution in [2.45, 2.75) is 6.42 Å². The summed E-state index contributed by atoms with van der Waals surface area (Å²) in [5.74, 6) is 4.80. The van der Waals surface area contributed by atoms with Gasteiger partial charge in [0.2, 0.25) is 5.91 Å². The van der Waals surface area contributed by atoms with E-state index >= 15 is 0 Å². The van der Waals surface area contributed by atoms with E-state index in [4.69, 9.17) is 17.3 Å². The lowest BCUT2D eigenvalue weighted by atomic mass is 10.3. The van der Waals surface area contributed by atoms with Crippen LogP contribution in [0.1, 0.15) is 12.1 Å². The number of hydrogen-bond donors (Lipinski definition) is 1. The summed E-state index contributed by atoms with van der Waals surface area (Å²) in [6.07, 6.45) is 1.59. The molecule has 1 aromatic rings. The quantitative estimate of drug-likeness (QED) is 0.678. The third-order valence-electron chi connectivity index (χ3n) is 1.20. The molecule has 0 atom stereocenters. The second kappa shape index (κ2) is 4.48. The van der Waals surface area contributed by atoms with Crippen molar-refractivity contribution in [1.29, 1.82) is 0 Å². The Morgan fingerprint density at radius 2 is 2.46 bits per heavy atom. The van der Waals surface area contributed by atoms with Crippen LogP contribution in [0.3, 0.4) is 0 Å². The van der Waals surface area contributed by atoms with Crippen LogP contribution < -0.4 is 5.73 Å². The number of nitrogens with two attached hydrogens (primary N) is 1. The molecule has 0 aliphatic carbocycles. The van der Waals surface area contributed by atoms with Gasteiger partial charge in [-0.3, -0.25) is 4.79 Å². The van der Waals surface area contributed by atoms with Gasteiger partial charge in [0.05, 0.1) is 6.42 Å². The number of nitrogens with zero attached hydrogens (tertiary/aromatic N) is 1. The molecule has 4 heteroatoms. The van der Waals surface area contributed by atoms with Crippen molar-refractivity contribution in [2.75, 3.05) is 0 Å². The molecule has 0 saturated heterocycles. The van der Waals surface area contributed by atoms with E-state index in [1.807, 2.05) is 0 Å². The average molecular weight is 195 g/mol. The zero-order valence-corrected chi connectivity index (χ0v) is 7.51. The minimum Gasteiger partial charge on any atom is -0.369 e. The Hall–Kier alpha value is -1.53. The largest absolute Gasteiger partial charge is 0.369 e. The molecule has 2 N–H and O–H groups in total. The van der Waals surface area contributed by atoms with Crippen LogP contribution in [-0.2, 0) is 4.79 Å². The minimum absolute atomic E-state index is 0.0359. The number of rotatable bonds is 1. The van der Waals surface area contributed by atoms with Crippen molar-refractivity contribution in [1.82, 2.24) is 4.98 Å². The first-order chi connectivity index (χ1) is 6.18. The first-order valence-electron chi connectivity index (χ1n) is 3.57. The van der Waals surface area contributed by atoms with Crippen LogP contribution in [0.25, 0.3) is 0 Å². The predicted molar refractivity (Wildman–Crippen MR) is 49.9 cm³/mol. The van der Waals surface area contributed by atoms with E-state index in [0.717, 1.165) is 0 Å². The molecule has 0 radical (unpaired) electrons. The molecule has 1 heterocycles. The summed E-state index contributed by atoms with van der Waals surface area (Å²) < 4.78 is 0. The second-order valence-electron chi connectivity index (χ2n) is 2.30. The number of carbonyl (C=O) groups is 1. The van der Waals surface area contributed by atoms with Gasteiger partial charge >= 0.3 is 0 Å². The molecule has 1 aromatic heterocycles. The van der Waals surface area contributed by atoms with Crippen LogP contribution in [0.15, 0.2) is 18.3 Å². The number of carbonyl (C=O) groups excluding carboxylic acids is 1. The predicted octanol–water partition coefficient (Wildman–Crippen LogP) is 0.962. The molecule has 0 aliphatic heterocycles. The molecule has 0 aromatic carbocycles. The van der Waals surface area contributed by atoms with Crippen molar-refractivity contribution >= 4 is 17.5 Å². The van der Waals surface area contributed by atoms with Gasteiger partial charge < -0.3 is 5.73 Å². The molecule has 0 unspecified atom stereocenters. The molecular weight excluding hydrogens is 188 g/mol. The van der Waals surface area contributed by atoms with Crippen LogP contribution in [0.4, 0.5) is 0 Å². The molecule has 13 heavy (non-hydrogen) atoms. The third kappa shape index (κ3) is 3.59. The van der Waals surface area contributed by atoms with Crippen LogP contribution in [-0.4, -0.2) is 10.9 Å². The van der Waals surface area contributed by atoms with Gasteiger partial charge in [0, 0.05) is 11.2 Å². The molecule has 3 nitrogen and oxygen atoms in total. The maximum Gasteiger partial charge on any atom is 0.229 e. The molecule has 0 bridgehead atoms. The average Bonchev–Trinajstić information content (AvgIpc) is 2.03. The lowest BCUT2D eigenvalue weighted by Gasteiger charge is -1.89. The number of aromatic nitrogens is 1. The van der Waals surface area contributed by atoms with Gasteiger partial charge in [-0.05, 0) is 18.1 Å². The zero-order chi connectivity index (χ0) is 9.68. The van der Waals surface area contributed by atoms with E-state index in [1.54, 1.807) is 18.3 Å². The van der Waals surface area contributed by atoms with Crippen molar-refractivity contribution in [3.63, 3.8) is 0 Å². The van der Waals surface area contributed by atoms with Crippen LogP contribution in [0, 0.1) is 11.8 Å². The van der Waals surface area contributed by atoms with Crippen LogP contribution in [0.5, 0.6) is 0 Å². The van der Waals surface area contributed by atoms with Crippen LogP contribution >= 0.6 is 11.6 Å². The lowest BCUT2D eigenvalue weighted by molar-refractivity contribution is -0.117. The van der Waals surface area contributed by atoms with Crippen molar-refractivity contribution < 1.29 is 4.79 Å². The fourth-order valence-electron chi connectivity index (χ4n) is 0.695. The fourth-order valence-corrected chi connectivity index (χ4v) is 0.855. The molecule has 66 valence electrons. The zero-order valence-electron chi connectivity index (χ0n) is 6.75. The highest BCUT2D eigenvalue weighted by Crippen LogP contribution is 2.06. The summed E-state index contributed by atoms with van der Waals surface area (Å²) in [6.45, 7) is 0. The molecule has 0 spiro atoms. The number of halogens is 1. The summed E-state index contributed by atoms with van der Waals surface area (Å²) in [5.41, 5.74) is 5.43. The van der Waals surface area contributed by atoms with E-state index in [0.29, 0.717) is 10.7 Å². The molecule has 1 amide bonds. The number of pyridine rings is 1. The van der Waals surface area contributed by atoms with Crippen molar-refractivity contribution in [3.05, 3.63) is 29.0 Å². The highest BCUT2D eigenvalue weighted by atomic mass is 35.5. The molecule has 0 saturated carbocycles. The molecular formula is C9H7ClN2O. The summed E-state index contributed by atoms with van der Waals surface area (Å²) in [5, 5.41) is 0.568. The minimum atomic E-state index is -0.450. The van der Waals surface area contributed by atoms with Crippen molar-refractivity contribution in [2.24, 2.45) is 5.73 Å². The Kier molecular flexibility index (Phi) is 3.30. The van der Waals surface area contributed by atoms with Crippen molar-refractivity contribution in [3.8, 4) is 11.8 Å². The van der Waals surface area contributed by atoms with Gasteiger partial charge in [-0.2, -0.15) is 0 Å². The van der Waals surface area contributed by atoms with Gasteiger partial charge in [0.1, 0.15) is 5.69 Å². The summed E-state index contributed by atoms with van der Waals surface area (Å²) in [7, 11) is 0. The number of amides is 1. The van der Waals surface area contributed by atoms with E-state index in [9.17, 15) is 4.79 Å². The third-order valence-corrected chi connectivity index (χ3v) is 1.44. The van der Waals surface area contributed by atoms with Gasteiger partial charge in [-0.1, -0.05) is 17.5 Å². The highest BCUT2D eigenvalue weighted by Gasteiger charge is 1.90. The molecule has 0 fully saturated rings.